The molecule has 2 atom stereocenters. The Balaban J connectivity index is 1.30. The molecule has 0 radical (unpaired) electrons. The Kier molecular flexibility index (Phi) is 12.0. The number of halogens is 1. The van der Waals surface area contributed by atoms with E-state index in [0.717, 1.165) is 0 Å². The minimum absolute atomic E-state index is 0.0683. The average molecular weight is 700 g/mol. The number of amides is 3. The average Bonchev–Trinajstić information content (AvgIpc) is 3.51. The highest BCUT2D eigenvalue weighted by molar-refractivity contribution is 7.57. The molecule has 0 saturated heterocycles. The van der Waals surface area contributed by atoms with Gasteiger partial charge in [-0.1, -0.05) is 12.1 Å². The largest absolute Gasteiger partial charge is 0.480 e. The summed E-state index contributed by atoms with van der Waals surface area (Å²) in [6.07, 6.45) is 0.650. The Morgan fingerprint density at radius 3 is 2.51 bits per heavy atom. The van der Waals surface area contributed by atoms with Crippen LogP contribution in [0, 0.1) is 19.7 Å². The Bertz CT molecular complexity index is 1810. The Hall–Kier alpha value is -4.98. The highest BCUT2D eigenvalue weighted by atomic mass is 31.2. The fraction of sp³-hybridized carbons (Fsp3) is 0.333. The van der Waals surface area contributed by atoms with Crippen molar-refractivity contribution in [3.63, 3.8) is 0 Å². The van der Waals surface area contributed by atoms with E-state index in [1.165, 1.54) is 49.3 Å². The molecule has 1 aromatic heterocycles. The second-order valence-corrected chi connectivity index (χ2v) is 13.3. The van der Waals surface area contributed by atoms with E-state index in [2.05, 4.69) is 20.7 Å². The first-order chi connectivity index (χ1) is 23.2. The number of carbonyl (C=O) groups excluding carboxylic acids is 3. The summed E-state index contributed by atoms with van der Waals surface area (Å²) in [5.74, 6) is -2.21. The van der Waals surface area contributed by atoms with E-state index in [1.54, 1.807) is 39.0 Å². The van der Waals surface area contributed by atoms with Crippen molar-refractivity contribution in [2.75, 3.05) is 38.4 Å². The number of anilines is 1. The van der Waals surface area contributed by atoms with Gasteiger partial charge in [0.05, 0.1) is 11.1 Å². The second kappa shape index (κ2) is 15.9. The number of benzene rings is 2. The number of aliphatic carboxylic acids is 1. The molecule has 3 aromatic rings. The molecule has 1 aliphatic heterocycles. The van der Waals surface area contributed by atoms with E-state index in [-0.39, 0.29) is 49.2 Å². The zero-order valence-electron chi connectivity index (χ0n) is 27.7. The Labute approximate surface area is 282 Å². The number of methoxy groups -OCH3 is 1. The lowest BCUT2D eigenvalue weighted by atomic mass is 10.0. The Morgan fingerprint density at radius 1 is 1.14 bits per heavy atom. The van der Waals surface area contributed by atoms with Gasteiger partial charge in [-0.05, 0) is 75.2 Å². The van der Waals surface area contributed by atoms with Crippen LogP contribution < -0.4 is 20.2 Å². The third-order valence-electron chi connectivity index (χ3n) is 7.66. The van der Waals surface area contributed by atoms with Gasteiger partial charge in [-0.25, -0.2) is 14.3 Å². The van der Waals surface area contributed by atoms with E-state index in [0.29, 0.717) is 45.9 Å². The van der Waals surface area contributed by atoms with Crippen LogP contribution in [0.25, 0.3) is 11.6 Å². The SMILES string of the molecule is CCN(CCNC(=O)c1c(C)[nH]c(/C=C2\C(=O)Nc3ccc(F)cc32)c1C)C(=O)OCc1ccc(OP(=O)(COC)NC(C)C(=O)O)cc1. The number of carboxylic acids is 1. The lowest BCUT2D eigenvalue weighted by molar-refractivity contribution is -0.138. The first-order valence-electron chi connectivity index (χ1n) is 15.3. The number of carbonyl (C=O) groups is 4. The van der Waals surface area contributed by atoms with Crippen LogP contribution in [0.4, 0.5) is 14.9 Å². The number of likely N-dealkylation sites (N-methyl/N-ethyl adjacent to an activating group) is 1. The van der Waals surface area contributed by atoms with Crippen LogP contribution >= 0.6 is 7.52 Å². The molecule has 2 aromatic carbocycles. The molecule has 4 rings (SSSR count). The predicted molar refractivity (Wildman–Crippen MR) is 180 cm³/mol. The van der Waals surface area contributed by atoms with Crippen LogP contribution in [-0.2, 0) is 30.2 Å². The number of rotatable bonds is 15. The summed E-state index contributed by atoms with van der Waals surface area (Å²) >= 11 is 0. The summed E-state index contributed by atoms with van der Waals surface area (Å²) in [5.41, 5.74) is 3.96. The van der Waals surface area contributed by atoms with Crippen molar-refractivity contribution in [2.45, 2.75) is 40.3 Å². The molecule has 0 bridgehead atoms. The lowest BCUT2D eigenvalue weighted by Crippen LogP contribution is -2.38. The fourth-order valence-electron chi connectivity index (χ4n) is 5.14. The van der Waals surface area contributed by atoms with Gasteiger partial charge in [0, 0.05) is 49.4 Å². The molecule has 0 aliphatic carbocycles. The molecule has 2 unspecified atom stereocenters. The standard InChI is InChI=1S/C33H39FN5O9P/c1-6-39(33(44)47-17-22-7-10-24(11-8-22)48-49(45,18-46-5)38-21(4)32(42)43)14-13-35-31(41)29-19(2)28(36-20(29)3)16-26-25-15-23(34)9-12-27(25)37-30(26)40/h7-12,15-16,21,36H,6,13-14,17-18H2,1-5H3,(H,35,41)(H,37,40)(H,38,45)(H,42,43)/b26-16-. The van der Waals surface area contributed by atoms with Gasteiger partial charge in [-0.3, -0.25) is 18.9 Å². The molecule has 262 valence electrons. The number of hydrogen-bond donors (Lipinski definition) is 5. The van der Waals surface area contributed by atoms with Crippen LogP contribution in [0.2, 0.25) is 0 Å². The number of aromatic nitrogens is 1. The molecule has 5 N–H and O–H groups in total. The fourth-order valence-corrected chi connectivity index (χ4v) is 6.82. The third kappa shape index (κ3) is 9.13. The molecular weight excluding hydrogens is 660 g/mol. The number of carboxylic acid groups (broad SMARTS) is 1. The van der Waals surface area contributed by atoms with Crippen LogP contribution in [0.15, 0.2) is 42.5 Å². The molecule has 3 amide bonds. The quantitative estimate of drug-likeness (QED) is 0.108. The number of nitrogens with one attached hydrogen (secondary N) is 4. The lowest BCUT2D eigenvalue weighted by Gasteiger charge is -2.22. The monoisotopic (exact) mass is 699 g/mol. The van der Waals surface area contributed by atoms with Crippen molar-refractivity contribution >= 4 is 48.7 Å². The summed E-state index contributed by atoms with van der Waals surface area (Å²) in [6.45, 7) is 7.15. The first-order valence-corrected chi connectivity index (χ1v) is 17.1. The second-order valence-electron chi connectivity index (χ2n) is 11.3. The van der Waals surface area contributed by atoms with Gasteiger partial charge < -0.3 is 39.6 Å². The van der Waals surface area contributed by atoms with Crippen molar-refractivity contribution in [1.29, 1.82) is 0 Å². The van der Waals surface area contributed by atoms with E-state index in [9.17, 15) is 28.1 Å². The van der Waals surface area contributed by atoms with Gasteiger partial charge in [0.2, 0.25) is 0 Å². The molecule has 16 heteroatoms. The van der Waals surface area contributed by atoms with Crippen molar-refractivity contribution in [1.82, 2.24) is 20.3 Å². The summed E-state index contributed by atoms with van der Waals surface area (Å²) in [7, 11) is -2.37. The molecule has 0 fully saturated rings. The van der Waals surface area contributed by atoms with Gasteiger partial charge >= 0.3 is 19.6 Å². The van der Waals surface area contributed by atoms with Crippen molar-refractivity contribution < 1.29 is 47.2 Å². The van der Waals surface area contributed by atoms with Gasteiger partial charge in [-0.2, -0.15) is 0 Å². The summed E-state index contributed by atoms with van der Waals surface area (Å²) < 4.78 is 42.8. The molecule has 14 nitrogen and oxygen atoms in total. The van der Waals surface area contributed by atoms with Crippen molar-refractivity contribution in [3.8, 4) is 5.75 Å². The van der Waals surface area contributed by atoms with Crippen molar-refractivity contribution in [3.05, 3.63) is 81.9 Å². The number of fused-ring (bicyclic) bond motifs is 1. The smallest absolute Gasteiger partial charge is 0.410 e. The molecule has 1 aliphatic rings. The molecule has 0 spiro atoms. The molecular formula is C33H39FN5O9P. The van der Waals surface area contributed by atoms with Gasteiger partial charge in [-0.15, -0.1) is 0 Å². The topological polar surface area (TPSA) is 188 Å². The van der Waals surface area contributed by atoms with Gasteiger partial charge in [0.15, 0.2) is 0 Å². The van der Waals surface area contributed by atoms with E-state index >= 15 is 0 Å². The number of aromatic amines is 1. The van der Waals surface area contributed by atoms with Gasteiger partial charge in [0.1, 0.15) is 30.6 Å². The maximum Gasteiger partial charge on any atom is 0.410 e. The van der Waals surface area contributed by atoms with E-state index in [1.807, 2.05) is 0 Å². The number of H-pyrrole nitrogens is 1. The van der Waals surface area contributed by atoms with Crippen LogP contribution in [0.5, 0.6) is 5.75 Å². The van der Waals surface area contributed by atoms with Crippen molar-refractivity contribution in [2.24, 2.45) is 0 Å². The molecule has 49 heavy (non-hydrogen) atoms. The molecule has 2 heterocycles. The zero-order chi connectivity index (χ0) is 35.9. The summed E-state index contributed by atoms with van der Waals surface area (Å²) in [4.78, 5) is 54.2. The number of ether oxygens (including phenoxy) is 2. The van der Waals surface area contributed by atoms with Crippen LogP contribution in [0.3, 0.4) is 0 Å². The normalized spacial score (nSPS) is 14.8. The highest BCUT2D eigenvalue weighted by Gasteiger charge is 2.30. The van der Waals surface area contributed by atoms with E-state index in [4.69, 9.17) is 19.1 Å². The van der Waals surface area contributed by atoms with Crippen LogP contribution in [-0.4, -0.2) is 78.0 Å². The summed E-state index contributed by atoms with van der Waals surface area (Å²) in [6, 6.07) is 9.16. The zero-order valence-corrected chi connectivity index (χ0v) is 28.6. The highest BCUT2D eigenvalue weighted by Crippen LogP contribution is 2.43. The maximum atomic E-state index is 13.9. The minimum atomic E-state index is -3.68. The number of nitrogens with zero attached hydrogens (tertiary/aromatic N) is 1. The van der Waals surface area contributed by atoms with E-state index < -0.39 is 31.4 Å². The summed E-state index contributed by atoms with van der Waals surface area (Å²) in [5, 5.41) is 17.1. The minimum Gasteiger partial charge on any atom is -0.480 e. The number of aryl methyl sites for hydroxylation is 1. The van der Waals surface area contributed by atoms with Crippen LogP contribution in [0.1, 0.15) is 52.3 Å². The van der Waals surface area contributed by atoms with Gasteiger partial charge in [0.25, 0.3) is 11.8 Å². The third-order valence-corrected chi connectivity index (χ3v) is 9.55. The maximum absolute atomic E-state index is 13.9. The molecule has 0 saturated carbocycles. The predicted octanol–water partition coefficient (Wildman–Crippen LogP) is 4.89. The first kappa shape index (κ1) is 36.8. The number of hydrogen-bond acceptors (Lipinski definition) is 8. The Morgan fingerprint density at radius 2 is 1.86 bits per heavy atom.